The number of nitrogens with one attached hydrogen (secondary N) is 1. The first-order chi connectivity index (χ1) is 16.2. The number of carbonyl (C=O) groups is 3. The van der Waals surface area contributed by atoms with Crippen molar-refractivity contribution in [1.82, 2.24) is 20.0 Å². The minimum absolute atomic E-state index is 0.113. The number of piperazine rings is 1. The number of aryl methyl sites for hydroxylation is 1. The Morgan fingerprint density at radius 3 is 2.38 bits per heavy atom. The molecule has 2 aliphatic heterocycles. The molecule has 10 heteroatoms. The van der Waals surface area contributed by atoms with Crippen molar-refractivity contribution in [2.45, 2.75) is 25.9 Å². The van der Waals surface area contributed by atoms with Crippen molar-refractivity contribution in [3.05, 3.63) is 75.3 Å². The predicted octanol–water partition coefficient (Wildman–Crippen LogP) is 2.01. The van der Waals surface area contributed by atoms with Gasteiger partial charge >= 0.3 is 6.03 Å². The van der Waals surface area contributed by atoms with Crippen LogP contribution in [-0.2, 0) is 21.7 Å². The molecule has 0 bridgehead atoms. The van der Waals surface area contributed by atoms with Gasteiger partial charge in [0.15, 0.2) is 0 Å². The molecule has 2 saturated heterocycles. The molecule has 2 fully saturated rings. The average molecular weight is 466 g/mol. The third kappa shape index (κ3) is 4.62. The highest BCUT2D eigenvalue weighted by atomic mass is 16.6. The zero-order valence-corrected chi connectivity index (χ0v) is 19.2. The smallest absolute Gasteiger partial charge is 0.325 e. The van der Waals surface area contributed by atoms with E-state index in [0.29, 0.717) is 31.7 Å². The van der Waals surface area contributed by atoms with Gasteiger partial charge in [-0.05, 0) is 37.1 Å². The van der Waals surface area contributed by atoms with Crippen LogP contribution in [0.1, 0.15) is 23.6 Å². The van der Waals surface area contributed by atoms with Gasteiger partial charge in [0.2, 0.25) is 5.91 Å². The number of hydrogen-bond acceptors (Lipinski definition) is 6. The van der Waals surface area contributed by atoms with Crippen LogP contribution in [0.4, 0.5) is 10.5 Å². The van der Waals surface area contributed by atoms with Gasteiger partial charge in [-0.3, -0.25) is 29.5 Å². The second kappa shape index (κ2) is 9.22. The molecule has 2 heterocycles. The van der Waals surface area contributed by atoms with Crippen molar-refractivity contribution in [3.63, 3.8) is 0 Å². The number of carbonyl (C=O) groups excluding carboxylic acids is 3. The number of nitro groups is 1. The summed E-state index contributed by atoms with van der Waals surface area (Å²) >= 11 is 0. The van der Waals surface area contributed by atoms with Crippen LogP contribution >= 0.6 is 0 Å². The van der Waals surface area contributed by atoms with Crippen LogP contribution in [-0.4, -0.2) is 70.2 Å². The Labute approximate surface area is 197 Å². The Balaban J connectivity index is 1.35. The summed E-state index contributed by atoms with van der Waals surface area (Å²) in [6.45, 7) is 6.52. The van der Waals surface area contributed by atoms with Crippen molar-refractivity contribution >= 4 is 23.5 Å². The zero-order valence-electron chi connectivity index (χ0n) is 19.2. The molecule has 2 aromatic carbocycles. The topological polar surface area (TPSA) is 116 Å². The molecule has 10 nitrogen and oxygen atoms in total. The number of imide groups is 1. The second-order valence-corrected chi connectivity index (χ2v) is 8.90. The van der Waals surface area contributed by atoms with E-state index in [4.69, 9.17) is 0 Å². The van der Waals surface area contributed by atoms with Gasteiger partial charge in [0.25, 0.3) is 11.6 Å². The summed E-state index contributed by atoms with van der Waals surface area (Å²) < 4.78 is 0. The van der Waals surface area contributed by atoms with E-state index in [2.05, 4.69) is 35.3 Å². The number of benzene rings is 2. The number of nitrogens with zero attached hydrogens (tertiary/aromatic N) is 4. The molecule has 2 aromatic rings. The molecule has 178 valence electrons. The molecule has 34 heavy (non-hydrogen) atoms. The van der Waals surface area contributed by atoms with E-state index < -0.39 is 22.4 Å². The average Bonchev–Trinajstić information content (AvgIpc) is 3.03. The maximum atomic E-state index is 13.1. The largest absolute Gasteiger partial charge is 0.339 e. The highest BCUT2D eigenvalue weighted by Crippen LogP contribution is 2.30. The molecule has 1 atom stereocenters. The lowest BCUT2D eigenvalue weighted by atomic mass is 9.92. The zero-order chi connectivity index (χ0) is 24.5. The van der Waals surface area contributed by atoms with Crippen LogP contribution < -0.4 is 5.32 Å². The van der Waals surface area contributed by atoms with Gasteiger partial charge in [-0.2, -0.15) is 0 Å². The molecular formula is C24H27N5O5. The molecule has 2 aliphatic rings. The van der Waals surface area contributed by atoms with Crippen molar-refractivity contribution in [2.75, 3.05) is 32.7 Å². The lowest BCUT2D eigenvalue weighted by Crippen LogP contribution is -2.51. The fourth-order valence-electron chi connectivity index (χ4n) is 4.41. The number of urea groups is 1. The van der Waals surface area contributed by atoms with Gasteiger partial charge in [-0.15, -0.1) is 0 Å². The van der Waals surface area contributed by atoms with E-state index in [1.54, 1.807) is 4.90 Å². The van der Waals surface area contributed by atoms with Crippen molar-refractivity contribution in [2.24, 2.45) is 0 Å². The molecule has 0 radical (unpaired) electrons. The lowest BCUT2D eigenvalue weighted by Gasteiger charge is -2.35. The summed E-state index contributed by atoms with van der Waals surface area (Å²) in [5, 5.41) is 13.5. The lowest BCUT2D eigenvalue weighted by molar-refractivity contribution is -0.384. The minimum Gasteiger partial charge on any atom is -0.339 e. The van der Waals surface area contributed by atoms with Crippen LogP contribution in [0.2, 0.25) is 0 Å². The normalized spacial score (nSPS) is 21.0. The Bertz CT molecular complexity index is 1130. The summed E-state index contributed by atoms with van der Waals surface area (Å²) in [5.74, 6) is -0.843. The molecule has 0 spiro atoms. The Morgan fingerprint density at radius 1 is 1.09 bits per heavy atom. The van der Waals surface area contributed by atoms with Crippen LogP contribution in [0.5, 0.6) is 0 Å². The third-order valence-electron chi connectivity index (χ3n) is 6.44. The molecule has 0 saturated carbocycles. The molecule has 1 unspecified atom stereocenters. The predicted molar refractivity (Wildman–Crippen MR) is 124 cm³/mol. The summed E-state index contributed by atoms with van der Waals surface area (Å²) in [7, 11) is 0. The van der Waals surface area contributed by atoms with E-state index in [0.717, 1.165) is 11.4 Å². The molecular weight excluding hydrogens is 438 g/mol. The van der Waals surface area contributed by atoms with Crippen LogP contribution in [0.15, 0.2) is 48.5 Å². The second-order valence-electron chi connectivity index (χ2n) is 8.90. The minimum atomic E-state index is -1.39. The first-order valence-electron chi connectivity index (χ1n) is 11.1. The Morgan fingerprint density at radius 2 is 1.76 bits per heavy atom. The van der Waals surface area contributed by atoms with E-state index in [1.165, 1.54) is 42.3 Å². The fraction of sp³-hybridized carbons (Fsp3) is 0.375. The van der Waals surface area contributed by atoms with Gasteiger partial charge in [0.05, 0.1) is 4.92 Å². The highest BCUT2D eigenvalue weighted by Gasteiger charge is 2.49. The first-order valence-corrected chi connectivity index (χ1v) is 11.1. The SMILES string of the molecule is Cc1cccc(CN2CCN(C(=O)CN3C(=O)NC(C)(c4ccc([N+](=O)[O-])cc4)C3=O)CC2)c1. The van der Waals surface area contributed by atoms with E-state index in [-0.39, 0.29) is 18.1 Å². The van der Waals surface area contributed by atoms with E-state index in [1.807, 2.05) is 6.07 Å². The molecule has 4 amide bonds. The van der Waals surface area contributed by atoms with Gasteiger partial charge in [0.1, 0.15) is 12.1 Å². The molecule has 1 N–H and O–H groups in total. The first kappa shape index (κ1) is 23.4. The van der Waals surface area contributed by atoms with Crippen LogP contribution in [0.25, 0.3) is 0 Å². The summed E-state index contributed by atoms with van der Waals surface area (Å²) in [4.78, 5) is 53.8. The van der Waals surface area contributed by atoms with Crippen molar-refractivity contribution in [3.8, 4) is 0 Å². The summed E-state index contributed by atoms with van der Waals surface area (Å²) in [5.41, 5.74) is 1.35. The van der Waals surface area contributed by atoms with E-state index >= 15 is 0 Å². The summed E-state index contributed by atoms with van der Waals surface area (Å²) in [6, 6.07) is 13.1. The number of nitro benzene ring substituents is 1. The molecule has 0 aromatic heterocycles. The van der Waals surface area contributed by atoms with Gasteiger partial charge in [0, 0.05) is 44.9 Å². The van der Waals surface area contributed by atoms with Gasteiger partial charge in [-0.1, -0.05) is 29.8 Å². The highest BCUT2D eigenvalue weighted by molar-refractivity contribution is 6.09. The molecule has 4 rings (SSSR count). The summed E-state index contributed by atoms with van der Waals surface area (Å²) in [6.07, 6.45) is 0. The van der Waals surface area contributed by atoms with Crippen molar-refractivity contribution < 1.29 is 19.3 Å². The third-order valence-corrected chi connectivity index (χ3v) is 6.44. The maximum Gasteiger partial charge on any atom is 0.325 e. The van der Waals surface area contributed by atoms with Crippen LogP contribution in [0, 0.1) is 17.0 Å². The fourth-order valence-corrected chi connectivity index (χ4v) is 4.41. The standard InChI is InChI=1S/C24H27N5O5/c1-17-4-3-5-18(14-17)15-26-10-12-27(13-11-26)21(30)16-28-22(31)24(2,25-23(28)32)19-6-8-20(9-7-19)29(33)34/h3-9,14H,10-13,15-16H2,1-2H3,(H,25,32). The number of non-ortho nitro benzene ring substituents is 1. The van der Waals surface area contributed by atoms with Crippen molar-refractivity contribution in [1.29, 1.82) is 0 Å². The van der Waals surface area contributed by atoms with E-state index in [9.17, 15) is 24.5 Å². The maximum absolute atomic E-state index is 13.1. The Kier molecular flexibility index (Phi) is 6.34. The number of amides is 4. The van der Waals surface area contributed by atoms with Gasteiger partial charge < -0.3 is 10.2 Å². The molecule has 0 aliphatic carbocycles. The monoisotopic (exact) mass is 465 g/mol. The quantitative estimate of drug-likeness (QED) is 0.396. The number of rotatable bonds is 6. The Hall–Kier alpha value is -3.79. The number of hydrogen-bond donors (Lipinski definition) is 1. The van der Waals surface area contributed by atoms with Crippen LogP contribution in [0.3, 0.4) is 0 Å². The van der Waals surface area contributed by atoms with Gasteiger partial charge in [-0.25, -0.2) is 4.79 Å².